The molecule has 0 heterocycles. The molecule has 2 aromatic rings. The van der Waals surface area contributed by atoms with E-state index in [2.05, 4.69) is 10.5 Å². The van der Waals surface area contributed by atoms with Crippen molar-refractivity contribution in [2.24, 2.45) is 5.10 Å². The van der Waals surface area contributed by atoms with E-state index < -0.39 is 11.5 Å². The molecule has 1 amide bonds. The average molecular weight is 381 g/mol. The molecule has 0 aliphatic heterocycles. The average Bonchev–Trinajstić information content (AvgIpc) is 2.54. The summed E-state index contributed by atoms with van der Waals surface area (Å²) in [5.41, 5.74) is 2.30. The smallest absolute Gasteiger partial charge is 0.271 e. The van der Waals surface area contributed by atoms with Gasteiger partial charge in [-0.05, 0) is 49.7 Å². The van der Waals surface area contributed by atoms with Gasteiger partial charge in [0.15, 0.2) is 0 Å². The predicted octanol–water partition coefficient (Wildman–Crippen LogP) is 3.79. The van der Waals surface area contributed by atoms with Crippen LogP contribution in [0.15, 0.2) is 47.6 Å². The Morgan fingerprint density at radius 3 is 2.48 bits per heavy atom. The number of hydrazone groups is 1. The second-order valence-corrected chi connectivity index (χ2v) is 6.73. The fraction of sp³-hybridized carbons (Fsp3) is 0.222. The number of hydrogen-bond donors (Lipinski definition) is 2. The largest absolute Gasteiger partial charge is 0.488 e. The summed E-state index contributed by atoms with van der Waals surface area (Å²) in [4.78, 5) is 11.6. The number of carbonyl (C=O) groups is 1. The van der Waals surface area contributed by atoms with Gasteiger partial charge in [-0.1, -0.05) is 35.3 Å². The maximum atomic E-state index is 11.6. The number of carbonyl (C=O) groups excluding carboxylic acids is 1. The van der Waals surface area contributed by atoms with Gasteiger partial charge in [0.05, 0.1) is 6.21 Å². The zero-order chi connectivity index (χ0) is 18.4. The standard InChI is InChI=1S/C18H18Cl2N2O3/c1-18(2,24)17(23)22-21-10-13-9-15(20)7-8-16(13)25-11-12-3-5-14(19)6-4-12/h3-10,24H,11H2,1-2H3,(H,22,23)/b21-10+. The van der Waals surface area contributed by atoms with E-state index in [0.717, 1.165) is 5.56 Å². The van der Waals surface area contributed by atoms with Gasteiger partial charge < -0.3 is 9.84 Å². The molecule has 0 bridgehead atoms. The Hall–Kier alpha value is -2.08. The number of hydrogen-bond acceptors (Lipinski definition) is 4. The summed E-state index contributed by atoms with van der Waals surface area (Å²) in [6.07, 6.45) is 1.41. The van der Waals surface area contributed by atoms with Crippen LogP contribution in [0.4, 0.5) is 0 Å². The van der Waals surface area contributed by atoms with Crippen LogP contribution in [0.3, 0.4) is 0 Å². The van der Waals surface area contributed by atoms with Crippen LogP contribution in [0.25, 0.3) is 0 Å². The lowest BCUT2D eigenvalue weighted by Gasteiger charge is -2.14. The highest BCUT2D eigenvalue weighted by Crippen LogP contribution is 2.23. The van der Waals surface area contributed by atoms with E-state index in [1.54, 1.807) is 30.3 Å². The quantitative estimate of drug-likeness (QED) is 0.591. The zero-order valence-corrected chi connectivity index (χ0v) is 15.3. The first kappa shape index (κ1) is 19.2. The number of aliphatic hydroxyl groups is 1. The molecule has 0 aliphatic carbocycles. The molecule has 0 fully saturated rings. The molecule has 132 valence electrons. The minimum atomic E-state index is -1.51. The Bertz CT molecular complexity index is 769. The first-order valence-corrected chi connectivity index (χ1v) is 8.24. The Labute approximate surface area is 156 Å². The van der Waals surface area contributed by atoms with Crippen molar-refractivity contribution in [3.8, 4) is 5.75 Å². The van der Waals surface area contributed by atoms with Crippen molar-refractivity contribution in [2.45, 2.75) is 26.1 Å². The molecule has 2 N–H and O–H groups in total. The van der Waals surface area contributed by atoms with Gasteiger partial charge in [0, 0.05) is 15.6 Å². The van der Waals surface area contributed by atoms with E-state index in [1.165, 1.54) is 20.1 Å². The summed E-state index contributed by atoms with van der Waals surface area (Å²) in [5.74, 6) is -0.0602. The van der Waals surface area contributed by atoms with Crippen LogP contribution >= 0.6 is 23.2 Å². The summed E-state index contributed by atoms with van der Waals surface area (Å²) in [5, 5.41) is 14.6. The molecule has 7 heteroatoms. The normalized spacial score (nSPS) is 11.6. The van der Waals surface area contributed by atoms with Crippen molar-refractivity contribution in [1.82, 2.24) is 5.43 Å². The highest BCUT2D eigenvalue weighted by Gasteiger charge is 2.22. The fourth-order valence-corrected chi connectivity index (χ4v) is 2.10. The van der Waals surface area contributed by atoms with Crippen molar-refractivity contribution in [2.75, 3.05) is 0 Å². The molecule has 0 spiro atoms. The topological polar surface area (TPSA) is 70.9 Å². The van der Waals surface area contributed by atoms with Gasteiger partial charge in [-0.3, -0.25) is 4.79 Å². The Morgan fingerprint density at radius 2 is 1.84 bits per heavy atom. The molecule has 2 rings (SSSR count). The minimum Gasteiger partial charge on any atom is -0.488 e. The van der Waals surface area contributed by atoms with Crippen LogP contribution in [-0.2, 0) is 11.4 Å². The van der Waals surface area contributed by atoms with Crippen molar-refractivity contribution in [3.63, 3.8) is 0 Å². The van der Waals surface area contributed by atoms with E-state index in [4.69, 9.17) is 27.9 Å². The molecule has 25 heavy (non-hydrogen) atoms. The van der Waals surface area contributed by atoms with Crippen LogP contribution in [-0.4, -0.2) is 22.8 Å². The lowest BCUT2D eigenvalue weighted by atomic mass is 10.1. The highest BCUT2D eigenvalue weighted by atomic mass is 35.5. The molecular formula is C18H18Cl2N2O3. The van der Waals surface area contributed by atoms with Crippen molar-refractivity contribution in [1.29, 1.82) is 0 Å². The summed E-state index contributed by atoms with van der Waals surface area (Å²) in [6, 6.07) is 12.4. The van der Waals surface area contributed by atoms with Gasteiger partial charge in [0.1, 0.15) is 18.0 Å². The summed E-state index contributed by atoms with van der Waals surface area (Å²) in [6.45, 7) is 3.09. The van der Waals surface area contributed by atoms with Gasteiger partial charge in [-0.25, -0.2) is 5.43 Å². The fourth-order valence-electron chi connectivity index (χ4n) is 1.79. The van der Waals surface area contributed by atoms with E-state index in [9.17, 15) is 9.90 Å². The Kier molecular flexibility index (Phi) is 6.42. The Morgan fingerprint density at radius 1 is 1.20 bits per heavy atom. The molecule has 0 unspecified atom stereocenters. The van der Waals surface area contributed by atoms with E-state index in [1.807, 2.05) is 12.1 Å². The van der Waals surface area contributed by atoms with Gasteiger partial charge in [0.2, 0.25) is 0 Å². The number of nitrogens with zero attached hydrogens (tertiary/aromatic N) is 1. The van der Waals surface area contributed by atoms with E-state index in [-0.39, 0.29) is 0 Å². The number of benzene rings is 2. The van der Waals surface area contributed by atoms with E-state index >= 15 is 0 Å². The van der Waals surface area contributed by atoms with Crippen molar-refractivity contribution >= 4 is 35.3 Å². The summed E-state index contributed by atoms with van der Waals surface area (Å²) < 4.78 is 5.79. The maximum absolute atomic E-state index is 11.6. The van der Waals surface area contributed by atoms with Gasteiger partial charge in [-0.2, -0.15) is 5.10 Å². The number of nitrogens with one attached hydrogen (secondary N) is 1. The number of amides is 1. The van der Waals surface area contributed by atoms with Gasteiger partial charge in [-0.15, -0.1) is 0 Å². The van der Waals surface area contributed by atoms with Gasteiger partial charge in [0.25, 0.3) is 5.91 Å². The molecule has 0 aromatic heterocycles. The van der Waals surface area contributed by atoms with Crippen molar-refractivity contribution < 1.29 is 14.6 Å². The monoisotopic (exact) mass is 380 g/mol. The molecular weight excluding hydrogens is 363 g/mol. The molecule has 0 saturated heterocycles. The molecule has 2 aromatic carbocycles. The Balaban J connectivity index is 2.08. The maximum Gasteiger partial charge on any atom is 0.271 e. The molecule has 0 atom stereocenters. The first-order chi connectivity index (χ1) is 11.8. The minimum absolute atomic E-state index is 0.343. The second-order valence-electron chi connectivity index (χ2n) is 5.86. The van der Waals surface area contributed by atoms with Crippen LogP contribution in [0, 0.1) is 0 Å². The summed E-state index contributed by atoms with van der Waals surface area (Å²) in [7, 11) is 0. The summed E-state index contributed by atoms with van der Waals surface area (Å²) >= 11 is 11.9. The highest BCUT2D eigenvalue weighted by molar-refractivity contribution is 6.31. The molecule has 0 radical (unpaired) electrons. The number of rotatable bonds is 6. The lowest BCUT2D eigenvalue weighted by Crippen LogP contribution is -2.39. The lowest BCUT2D eigenvalue weighted by molar-refractivity contribution is -0.136. The SMILES string of the molecule is CC(C)(O)C(=O)N/N=C/c1cc(Cl)ccc1OCc1ccc(Cl)cc1. The van der Waals surface area contributed by atoms with Crippen LogP contribution in [0.2, 0.25) is 10.0 Å². The zero-order valence-electron chi connectivity index (χ0n) is 13.8. The van der Waals surface area contributed by atoms with Crippen LogP contribution in [0.5, 0.6) is 5.75 Å². The van der Waals surface area contributed by atoms with Crippen LogP contribution < -0.4 is 10.2 Å². The molecule has 0 saturated carbocycles. The van der Waals surface area contributed by atoms with Crippen LogP contribution in [0.1, 0.15) is 25.0 Å². The molecule has 0 aliphatic rings. The number of halogens is 2. The predicted molar refractivity (Wildman–Crippen MR) is 99.3 cm³/mol. The third-order valence-electron chi connectivity index (χ3n) is 3.20. The molecule has 5 nitrogen and oxygen atoms in total. The first-order valence-electron chi connectivity index (χ1n) is 7.48. The number of ether oxygens (including phenoxy) is 1. The third kappa shape index (κ3) is 6.05. The van der Waals surface area contributed by atoms with E-state index in [0.29, 0.717) is 28.0 Å². The third-order valence-corrected chi connectivity index (χ3v) is 3.69. The van der Waals surface area contributed by atoms with Crippen molar-refractivity contribution in [3.05, 3.63) is 63.6 Å². The second kappa shape index (κ2) is 8.34. The van der Waals surface area contributed by atoms with Gasteiger partial charge >= 0.3 is 0 Å².